The van der Waals surface area contributed by atoms with E-state index in [-0.39, 0.29) is 36.7 Å². The van der Waals surface area contributed by atoms with Gasteiger partial charge in [-0.1, -0.05) is 19.8 Å². The fourth-order valence-corrected chi connectivity index (χ4v) is 1.49. The van der Waals surface area contributed by atoms with Crippen molar-refractivity contribution in [3.8, 4) is 0 Å². The van der Waals surface area contributed by atoms with Crippen LogP contribution in [0.2, 0.25) is 0 Å². The molecule has 1 heterocycles. The van der Waals surface area contributed by atoms with E-state index < -0.39 is 0 Å². The predicted molar refractivity (Wildman–Crippen MR) is 55.3 cm³/mol. The second-order valence-electron chi connectivity index (χ2n) is 3.47. The van der Waals surface area contributed by atoms with Gasteiger partial charge in [-0.25, -0.2) is 4.90 Å². The van der Waals surface area contributed by atoms with Crippen LogP contribution in [0.15, 0.2) is 0 Å². The zero-order valence-electron chi connectivity index (χ0n) is 9.12. The Balaban J connectivity index is 0.00000196. The lowest BCUT2D eigenvalue weighted by atomic mass is 10.2. The highest BCUT2D eigenvalue weighted by Gasteiger charge is 2.33. The summed E-state index contributed by atoms with van der Waals surface area (Å²) in [6, 6.07) is 0. The molecule has 3 N–H and O–H groups in total. The molecule has 0 bridgehead atoms. The fraction of sp³-hybridized carbons (Fsp3) is 0.700. The van der Waals surface area contributed by atoms with Crippen molar-refractivity contribution >= 4 is 17.7 Å². The number of carbonyl (C=O) groups is 3. The number of imide groups is 3. The third-order valence-corrected chi connectivity index (χ3v) is 2.30. The third-order valence-electron chi connectivity index (χ3n) is 2.30. The number of amides is 3. The van der Waals surface area contributed by atoms with E-state index in [0.717, 1.165) is 24.2 Å². The van der Waals surface area contributed by atoms with E-state index in [9.17, 15) is 14.4 Å². The molecule has 1 aliphatic rings. The van der Waals surface area contributed by atoms with Crippen LogP contribution in [0.3, 0.4) is 0 Å². The average Bonchev–Trinajstić information content (AvgIpc) is 2.46. The summed E-state index contributed by atoms with van der Waals surface area (Å²) in [5.74, 6) is -1.00. The number of carbonyl (C=O) groups excluding carboxylic acids is 3. The first kappa shape index (κ1) is 13.8. The highest BCUT2D eigenvalue weighted by atomic mass is 16.2. The molecule has 0 aliphatic carbocycles. The molecule has 3 amide bonds. The Bertz CT molecular complexity index is 247. The van der Waals surface area contributed by atoms with Crippen molar-refractivity contribution in [3.05, 3.63) is 0 Å². The van der Waals surface area contributed by atoms with Gasteiger partial charge in [-0.05, 0) is 6.42 Å². The first-order valence-electron chi connectivity index (χ1n) is 5.05. The maximum absolute atomic E-state index is 11.4. The van der Waals surface area contributed by atoms with Gasteiger partial charge in [-0.3, -0.25) is 14.4 Å². The number of hydrogen-bond acceptors (Lipinski definition) is 4. The molecule has 0 saturated carbocycles. The minimum absolute atomic E-state index is 0. The Kier molecular flexibility index (Phi) is 5.77. The monoisotopic (exact) mass is 214 g/mol. The number of unbranched alkanes of at least 4 members (excludes halogenated alkanes) is 2. The Morgan fingerprint density at radius 3 is 2.20 bits per heavy atom. The molecule has 0 radical (unpaired) electrons. The van der Waals surface area contributed by atoms with Crippen LogP contribution >= 0.6 is 0 Å². The summed E-state index contributed by atoms with van der Waals surface area (Å²) < 4.78 is 0. The minimum atomic E-state index is -0.337. The van der Waals surface area contributed by atoms with E-state index in [1.54, 1.807) is 0 Å². The summed E-state index contributed by atoms with van der Waals surface area (Å²) in [6.45, 7) is 2.04. The molecule has 1 aliphatic heterocycles. The summed E-state index contributed by atoms with van der Waals surface area (Å²) in [7, 11) is 0. The molecule has 0 aromatic carbocycles. The van der Waals surface area contributed by atoms with Gasteiger partial charge in [0.2, 0.25) is 17.7 Å². The summed E-state index contributed by atoms with van der Waals surface area (Å²) in [5, 5.41) is 0. The second-order valence-corrected chi connectivity index (χ2v) is 3.47. The summed E-state index contributed by atoms with van der Waals surface area (Å²) in [5.41, 5.74) is 0. The van der Waals surface area contributed by atoms with Crippen molar-refractivity contribution in [1.29, 1.82) is 0 Å². The summed E-state index contributed by atoms with van der Waals surface area (Å²) >= 11 is 0. The zero-order chi connectivity index (χ0) is 10.6. The van der Waals surface area contributed by atoms with Gasteiger partial charge in [-0.2, -0.15) is 0 Å². The molecule has 15 heavy (non-hydrogen) atoms. The smallest absolute Gasteiger partial charge is 0.236 e. The van der Waals surface area contributed by atoms with Crippen LogP contribution in [-0.4, -0.2) is 22.6 Å². The van der Waals surface area contributed by atoms with Gasteiger partial charge in [0.05, 0.1) is 0 Å². The number of hydrogen-bond donors (Lipinski definition) is 1. The topological polar surface area (TPSA) is 89.5 Å². The van der Waals surface area contributed by atoms with Crippen molar-refractivity contribution in [2.24, 2.45) is 0 Å². The first-order valence-corrected chi connectivity index (χ1v) is 5.05. The van der Waals surface area contributed by atoms with Crippen molar-refractivity contribution < 1.29 is 14.4 Å². The third kappa shape index (κ3) is 3.43. The first-order chi connectivity index (χ1) is 6.66. The van der Waals surface area contributed by atoms with E-state index in [4.69, 9.17) is 0 Å². The number of rotatable bonds is 4. The van der Waals surface area contributed by atoms with E-state index in [2.05, 4.69) is 0 Å². The molecule has 0 atom stereocenters. The molecule has 1 saturated heterocycles. The lowest BCUT2D eigenvalue weighted by Crippen LogP contribution is -2.35. The minimum Gasteiger partial charge on any atom is -0.344 e. The van der Waals surface area contributed by atoms with E-state index in [0.29, 0.717) is 6.42 Å². The molecule has 0 aromatic heterocycles. The molecular weight excluding hydrogens is 196 g/mol. The average molecular weight is 214 g/mol. The van der Waals surface area contributed by atoms with Crippen LogP contribution in [0, 0.1) is 0 Å². The Hall–Kier alpha value is -1.23. The van der Waals surface area contributed by atoms with Crippen LogP contribution in [0.1, 0.15) is 45.4 Å². The largest absolute Gasteiger partial charge is 0.344 e. The van der Waals surface area contributed by atoms with Crippen molar-refractivity contribution in [2.75, 3.05) is 0 Å². The molecule has 86 valence electrons. The molecule has 1 rings (SSSR count). The van der Waals surface area contributed by atoms with Gasteiger partial charge in [-0.15, -0.1) is 0 Å². The highest BCUT2D eigenvalue weighted by molar-refractivity contribution is 6.14. The molecule has 0 unspecified atom stereocenters. The molecule has 1 fully saturated rings. The predicted octanol–water partition coefficient (Wildman–Crippen LogP) is 1.40. The maximum atomic E-state index is 11.4. The van der Waals surface area contributed by atoms with E-state index in [1.165, 1.54) is 0 Å². The normalized spacial score (nSPS) is 15.4. The van der Waals surface area contributed by atoms with Crippen LogP contribution in [0.5, 0.6) is 0 Å². The van der Waals surface area contributed by atoms with Gasteiger partial charge in [0.1, 0.15) is 0 Å². The van der Waals surface area contributed by atoms with Gasteiger partial charge < -0.3 is 6.15 Å². The number of nitrogens with zero attached hydrogens (tertiary/aromatic N) is 1. The maximum Gasteiger partial charge on any atom is 0.236 e. The van der Waals surface area contributed by atoms with E-state index >= 15 is 0 Å². The van der Waals surface area contributed by atoms with Gasteiger partial charge >= 0.3 is 0 Å². The lowest BCUT2D eigenvalue weighted by molar-refractivity contribution is -0.149. The van der Waals surface area contributed by atoms with Crippen LogP contribution in [0.4, 0.5) is 0 Å². The SMILES string of the molecule is CCCCCC(=O)N1C(=O)CCC1=O.N. The molecular formula is C10H18N2O3. The quantitative estimate of drug-likeness (QED) is 0.565. The zero-order valence-corrected chi connectivity index (χ0v) is 9.12. The summed E-state index contributed by atoms with van der Waals surface area (Å²) in [6.07, 6.45) is 3.44. The fourth-order valence-electron chi connectivity index (χ4n) is 1.49. The molecule has 5 nitrogen and oxygen atoms in total. The second kappa shape index (κ2) is 6.29. The van der Waals surface area contributed by atoms with Crippen LogP contribution in [0.25, 0.3) is 0 Å². The Morgan fingerprint density at radius 2 is 1.73 bits per heavy atom. The van der Waals surface area contributed by atoms with Crippen molar-refractivity contribution in [1.82, 2.24) is 11.1 Å². The molecule has 5 heteroatoms. The highest BCUT2D eigenvalue weighted by Crippen LogP contribution is 2.14. The number of likely N-dealkylation sites (tertiary alicyclic amines) is 1. The van der Waals surface area contributed by atoms with Gasteiger partial charge in [0.15, 0.2) is 0 Å². The summed E-state index contributed by atoms with van der Waals surface area (Å²) in [4.78, 5) is 34.5. The van der Waals surface area contributed by atoms with Gasteiger partial charge in [0.25, 0.3) is 0 Å². The lowest BCUT2D eigenvalue weighted by Gasteiger charge is -2.10. The molecule has 0 spiro atoms. The Labute approximate surface area is 89.4 Å². The van der Waals surface area contributed by atoms with Crippen LogP contribution in [-0.2, 0) is 14.4 Å². The molecule has 0 aromatic rings. The van der Waals surface area contributed by atoms with Crippen LogP contribution < -0.4 is 6.15 Å². The standard InChI is InChI=1S/C10H15NO3.H3N/c1-2-3-4-5-8(12)11-9(13)6-7-10(11)14;/h2-7H2,1H3;1H3. The van der Waals surface area contributed by atoms with Crippen molar-refractivity contribution in [3.63, 3.8) is 0 Å². The van der Waals surface area contributed by atoms with Crippen molar-refractivity contribution in [2.45, 2.75) is 45.4 Å². The Morgan fingerprint density at radius 1 is 1.20 bits per heavy atom. The van der Waals surface area contributed by atoms with Gasteiger partial charge in [0, 0.05) is 19.3 Å². The van der Waals surface area contributed by atoms with E-state index in [1.807, 2.05) is 6.92 Å².